The van der Waals surface area contributed by atoms with Crippen LogP contribution in [0.15, 0.2) is 24.3 Å². The number of nitrogens with one attached hydrogen (secondary N) is 1. The van der Waals surface area contributed by atoms with E-state index in [1.54, 1.807) is 0 Å². The fourth-order valence-corrected chi connectivity index (χ4v) is 2.47. The average Bonchev–Trinajstić information content (AvgIpc) is 2.60. The Kier molecular flexibility index (Phi) is 4.43. The van der Waals surface area contributed by atoms with E-state index in [1.807, 2.05) is 0 Å². The van der Waals surface area contributed by atoms with Crippen LogP contribution in [0.5, 0.6) is 0 Å². The molecular weight excluding hydrogens is 238 g/mol. The van der Waals surface area contributed by atoms with E-state index < -0.39 is 0 Å². The maximum atomic E-state index is 12.0. The second-order valence-electron chi connectivity index (χ2n) is 5.34. The predicted molar refractivity (Wildman–Crippen MR) is 78.3 cm³/mol. The third-order valence-corrected chi connectivity index (χ3v) is 3.67. The zero-order valence-corrected chi connectivity index (χ0v) is 11.7. The Morgan fingerprint density at radius 2 is 2.05 bits per heavy atom. The van der Waals surface area contributed by atoms with Gasteiger partial charge in [0.1, 0.15) is 6.04 Å². The van der Waals surface area contributed by atoms with Crippen molar-refractivity contribution in [2.45, 2.75) is 32.2 Å². The molecule has 0 saturated carbocycles. The molecule has 1 amide bonds. The molecule has 1 atom stereocenters. The van der Waals surface area contributed by atoms with Crippen molar-refractivity contribution in [2.24, 2.45) is 5.73 Å². The number of rotatable bonds is 3. The van der Waals surface area contributed by atoms with Gasteiger partial charge in [-0.05, 0) is 30.0 Å². The van der Waals surface area contributed by atoms with Gasteiger partial charge in [0.15, 0.2) is 0 Å². The second kappa shape index (κ2) is 6.06. The molecule has 3 N–H and O–H groups in total. The Bertz CT molecular complexity index is 428. The Morgan fingerprint density at radius 3 is 2.63 bits per heavy atom. The molecule has 104 valence electrons. The minimum Gasteiger partial charge on any atom is -0.358 e. The maximum Gasteiger partial charge on any atom is 0.244 e. The highest BCUT2D eigenvalue weighted by Gasteiger charge is 2.26. The summed E-state index contributed by atoms with van der Waals surface area (Å²) in [5.41, 5.74) is 8.16. The first-order valence-electron chi connectivity index (χ1n) is 6.98. The second-order valence-corrected chi connectivity index (χ2v) is 5.34. The number of nitrogens with two attached hydrogens (primary N) is 1. The monoisotopic (exact) mass is 261 g/mol. The van der Waals surface area contributed by atoms with E-state index in [9.17, 15) is 4.79 Å². The third-order valence-electron chi connectivity index (χ3n) is 3.67. The van der Waals surface area contributed by atoms with Gasteiger partial charge in [0, 0.05) is 25.3 Å². The van der Waals surface area contributed by atoms with Crippen molar-refractivity contribution >= 4 is 11.6 Å². The van der Waals surface area contributed by atoms with Gasteiger partial charge in [-0.25, -0.2) is 0 Å². The molecule has 0 aliphatic carbocycles. The zero-order chi connectivity index (χ0) is 13.8. The molecule has 4 heteroatoms. The zero-order valence-electron chi connectivity index (χ0n) is 11.7. The molecule has 0 spiro atoms. The Morgan fingerprint density at radius 1 is 1.37 bits per heavy atom. The SMILES string of the molecule is CC(C)c1ccc(N2CCCNC(=O)C2CN)cc1. The molecule has 1 aromatic carbocycles. The molecule has 1 aliphatic rings. The van der Waals surface area contributed by atoms with E-state index in [0.29, 0.717) is 12.5 Å². The molecule has 0 aromatic heterocycles. The summed E-state index contributed by atoms with van der Waals surface area (Å²) in [4.78, 5) is 14.1. The van der Waals surface area contributed by atoms with Crippen LogP contribution in [0.2, 0.25) is 0 Å². The van der Waals surface area contributed by atoms with Crippen LogP contribution in [0.4, 0.5) is 5.69 Å². The largest absolute Gasteiger partial charge is 0.358 e. The number of carbonyl (C=O) groups excluding carboxylic acids is 1. The lowest BCUT2D eigenvalue weighted by molar-refractivity contribution is -0.121. The lowest BCUT2D eigenvalue weighted by Gasteiger charge is -2.29. The van der Waals surface area contributed by atoms with Crippen LogP contribution in [0, 0.1) is 0 Å². The Labute approximate surface area is 115 Å². The summed E-state index contributed by atoms with van der Waals surface area (Å²) >= 11 is 0. The molecule has 0 radical (unpaired) electrons. The summed E-state index contributed by atoms with van der Waals surface area (Å²) in [5, 5.41) is 2.91. The van der Waals surface area contributed by atoms with Gasteiger partial charge in [-0.1, -0.05) is 26.0 Å². The number of benzene rings is 1. The van der Waals surface area contributed by atoms with Gasteiger partial charge in [-0.3, -0.25) is 4.79 Å². The van der Waals surface area contributed by atoms with Crippen molar-refractivity contribution in [3.05, 3.63) is 29.8 Å². The van der Waals surface area contributed by atoms with Crippen LogP contribution in [0.1, 0.15) is 31.7 Å². The highest BCUT2D eigenvalue weighted by molar-refractivity contribution is 5.86. The van der Waals surface area contributed by atoms with Gasteiger partial charge >= 0.3 is 0 Å². The van der Waals surface area contributed by atoms with E-state index >= 15 is 0 Å². The maximum absolute atomic E-state index is 12.0. The summed E-state index contributed by atoms with van der Waals surface area (Å²) in [7, 11) is 0. The van der Waals surface area contributed by atoms with Crippen molar-refractivity contribution < 1.29 is 4.79 Å². The van der Waals surface area contributed by atoms with Crippen LogP contribution in [0.3, 0.4) is 0 Å². The van der Waals surface area contributed by atoms with Crippen molar-refractivity contribution in [1.82, 2.24) is 5.32 Å². The van der Waals surface area contributed by atoms with Gasteiger partial charge in [-0.2, -0.15) is 0 Å². The number of hydrogen-bond donors (Lipinski definition) is 2. The van der Waals surface area contributed by atoms with Crippen LogP contribution < -0.4 is 16.0 Å². The number of anilines is 1. The molecule has 4 nitrogen and oxygen atoms in total. The molecule has 0 bridgehead atoms. The lowest BCUT2D eigenvalue weighted by Crippen LogP contribution is -2.49. The summed E-state index contributed by atoms with van der Waals surface area (Å²) in [6.45, 7) is 6.30. The Balaban J connectivity index is 2.24. The molecular formula is C15H23N3O. The molecule has 1 heterocycles. The van der Waals surface area contributed by atoms with Gasteiger partial charge in [-0.15, -0.1) is 0 Å². The van der Waals surface area contributed by atoms with Gasteiger partial charge in [0.2, 0.25) is 5.91 Å². The topological polar surface area (TPSA) is 58.4 Å². The highest BCUT2D eigenvalue weighted by Crippen LogP contribution is 2.22. The van der Waals surface area contributed by atoms with Crippen LogP contribution in [-0.4, -0.2) is 31.6 Å². The fourth-order valence-electron chi connectivity index (χ4n) is 2.47. The van der Waals surface area contributed by atoms with Crippen molar-refractivity contribution in [1.29, 1.82) is 0 Å². The summed E-state index contributed by atoms with van der Waals surface area (Å²) in [6, 6.07) is 8.20. The minimum absolute atomic E-state index is 0.0351. The van der Waals surface area contributed by atoms with Crippen LogP contribution in [0.25, 0.3) is 0 Å². The first-order valence-corrected chi connectivity index (χ1v) is 6.98. The van der Waals surface area contributed by atoms with E-state index in [4.69, 9.17) is 5.73 Å². The molecule has 1 unspecified atom stereocenters. The van der Waals surface area contributed by atoms with E-state index in [0.717, 1.165) is 25.2 Å². The van der Waals surface area contributed by atoms with Gasteiger partial charge in [0.25, 0.3) is 0 Å². The third kappa shape index (κ3) is 3.07. The number of carbonyl (C=O) groups is 1. The lowest BCUT2D eigenvalue weighted by atomic mass is 10.0. The van der Waals surface area contributed by atoms with Gasteiger partial charge in [0.05, 0.1) is 0 Å². The number of hydrogen-bond acceptors (Lipinski definition) is 3. The molecule has 19 heavy (non-hydrogen) atoms. The van der Waals surface area contributed by atoms with Crippen molar-refractivity contribution in [3.8, 4) is 0 Å². The fraction of sp³-hybridized carbons (Fsp3) is 0.533. The molecule has 1 saturated heterocycles. The Hall–Kier alpha value is -1.55. The molecule has 1 aromatic rings. The molecule has 2 rings (SSSR count). The first-order chi connectivity index (χ1) is 9.13. The minimum atomic E-state index is -0.257. The normalized spacial score (nSPS) is 20.3. The van der Waals surface area contributed by atoms with Crippen LogP contribution in [-0.2, 0) is 4.79 Å². The summed E-state index contributed by atoms with van der Waals surface area (Å²) in [6.07, 6.45) is 0.953. The molecule has 1 fully saturated rings. The van der Waals surface area contributed by atoms with E-state index in [-0.39, 0.29) is 11.9 Å². The smallest absolute Gasteiger partial charge is 0.244 e. The number of amides is 1. The van der Waals surface area contributed by atoms with Gasteiger partial charge < -0.3 is 16.0 Å². The van der Waals surface area contributed by atoms with Crippen molar-refractivity contribution in [2.75, 3.05) is 24.5 Å². The molecule has 1 aliphatic heterocycles. The van der Waals surface area contributed by atoms with Crippen LogP contribution >= 0.6 is 0 Å². The average molecular weight is 261 g/mol. The standard InChI is InChI=1S/C15H23N3O/c1-11(2)12-4-6-13(7-5-12)18-9-3-8-17-15(19)14(18)10-16/h4-7,11,14H,3,8-10,16H2,1-2H3,(H,17,19). The number of nitrogens with zero attached hydrogens (tertiary/aromatic N) is 1. The summed E-state index contributed by atoms with van der Waals surface area (Å²) in [5.74, 6) is 0.555. The summed E-state index contributed by atoms with van der Waals surface area (Å²) < 4.78 is 0. The van der Waals surface area contributed by atoms with E-state index in [2.05, 4.69) is 48.3 Å². The van der Waals surface area contributed by atoms with E-state index in [1.165, 1.54) is 5.56 Å². The first kappa shape index (κ1) is 13.9. The highest BCUT2D eigenvalue weighted by atomic mass is 16.2. The predicted octanol–water partition coefficient (Wildman–Crippen LogP) is 1.46. The quantitative estimate of drug-likeness (QED) is 0.866. The van der Waals surface area contributed by atoms with Crippen molar-refractivity contribution in [3.63, 3.8) is 0 Å².